The van der Waals surface area contributed by atoms with E-state index in [9.17, 15) is 0 Å². The average molecular weight is 265 g/mol. The number of benzene rings is 2. The van der Waals surface area contributed by atoms with Gasteiger partial charge in [0.05, 0.1) is 6.20 Å². The maximum Gasteiger partial charge on any atom is 0.0522 e. The molecule has 0 fully saturated rings. The molecule has 1 heterocycles. The highest BCUT2D eigenvalue weighted by molar-refractivity contribution is 5.82. The molecule has 2 aromatic carbocycles. The average Bonchev–Trinajstić information content (AvgIpc) is 2.89. The van der Waals surface area contributed by atoms with E-state index in [1.54, 1.807) is 0 Å². The summed E-state index contributed by atoms with van der Waals surface area (Å²) in [6, 6.07) is 15.1. The molecular weight excluding hydrogens is 246 g/mol. The highest BCUT2D eigenvalue weighted by Crippen LogP contribution is 2.15. The van der Waals surface area contributed by atoms with Crippen molar-refractivity contribution in [2.75, 3.05) is 6.54 Å². The van der Waals surface area contributed by atoms with Crippen LogP contribution in [0.25, 0.3) is 10.8 Å². The molecule has 0 unspecified atom stereocenters. The zero-order valence-electron chi connectivity index (χ0n) is 11.7. The Balaban J connectivity index is 1.54. The van der Waals surface area contributed by atoms with Crippen molar-refractivity contribution < 1.29 is 0 Å². The first-order valence-electron chi connectivity index (χ1n) is 6.97. The summed E-state index contributed by atoms with van der Waals surface area (Å²) < 4.78 is 1.85. The molecule has 0 bridgehead atoms. The summed E-state index contributed by atoms with van der Waals surface area (Å²) in [4.78, 5) is 0. The maximum atomic E-state index is 4.18. The summed E-state index contributed by atoms with van der Waals surface area (Å²) in [7, 11) is 1.95. The fourth-order valence-corrected chi connectivity index (χ4v) is 2.42. The van der Waals surface area contributed by atoms with Gasteiger partial charge in [-0.2, -0.15) is 5.10 Å². The number of aryl methyl sites for hydroxylation is 1. The Kier molecular flexibility index (Phi) is 3.79. The van der Waals surface area contributed by atoms with Crippen LogP contribution in [0.4, 0.5) is 0 Å². The first-order valence-corrected chi connectivity index (χ1v) is 6.97. The molecule has 102 valence electrons. The van der Waals surface area contributed by atoms with Crippen LogP contribution in [0.3, 0.4) is 0 Å². The Hall–Kier alpha value is -2.13. The van der Waals surface area contributed by atoms with Crippen LogP contribution >= 0.6 is 0 Å². The molecule has 0 aliphatic carbocycles. The van der Waals surface area contributed by atoms with Gasteiger partial charge in [0.15, 0.2) is 0 Å². The second kappa shape index (κ2) is 5.88. The third-order valence-corrected chi connectivity index (χ3v) is 3.49. The summed E-state index contributed by atoms with van der Waals surface area (Å²) >= 11 is 0. The van der Waals surface area contributed by atoms with Crippen molar-refractivity contribution in [3.63, 3.8) is 0 Å². The summed E-state index contributed by atoms with van der Waals surface area (Å²) in [6.45, 7) is 1.88. The van der Waals surface area contributed by atoms with Crippen molar-refractivity contribution in [1.82, 2.24) is 15.1 Å². The van der Waals surface area contributed by atoms with E-state index in [-0.39, 0.29) is 0 Å². The van der Waals surface area contributed by atoms with E-state index >= 15 is 0 Å². The van der Waals surface area contributed by atoms with Crippen molar-refractivity contribution in [1.29, 1.82) is 0 Å². The topological polar surface area (TPSA) is 29.9 Å². The lowest BCUT2D eigenvalue weighted by Crippen LogP contribution is -2.16. The van der Waals surface area contributed by atoms with E-state index in [0.717, 1.165) is 19.5 Å². The van der Waals surface area contributed by atoms with Crippen molar-refractivity contribution in [2.24, 2.45) is 7.05 Å². The van der Waals surface area contributed by atoms with E-state index < -0.39 is 0 Å². The smallest absolute Gasteiger partial charge is 0.0522 e. The monoisotopic (exact) mass is 265 g/mol. The predicted molar refractivity (Wildman–Crippen MR) is 82.6 cm³/mol. The van der Waals surface area contributed by atoms with Gasteiger partial charge >= 0.3 is 0 Å². The molecule has 1 N–H and O–H groups in total. The van der Waals surface area contributed by atoms with Crippen LogP contribution in [-0.2, 0) is 20.0 Å². The molecule has 0 aliphatic rings. The first-order chi connectivity index (χ1) is 9.81. The van der Waals surface area contributed by atoms with Crippen LogP contribution < -0.4 is 5.32 Å². The molecular formula is C17H19N3. The van der Waals surface area contributed by atoms with Gasteiger partial charge in [0.25, 0.3) is 0 Å². The van der Waals surface area contributed by atoms with E-state index in [1.807, 2.05) is 17.9 Å². The fraction of sp³-hybridized carbons (Fsp3) is 0.235. The van der Waals surface area contributed by atoms with Crippen LogP contribution in [0.15, 0.2) is 54.9 Å². The molecule has 3 nitrogen and oxygen atoms in total. The Morgan fingerprint density at radius 1 is 1.05 bits per heavy atom. The van der Waals surface area contributed by atoms with Crippen molar-refractivity contribution in [2.45, 2.75) is 13.0 Å². The van der Waals surface area contributed by atoms with Crippen molar-refractivity contribution >= 4 is 10.8 Å². The fourth-order valence-electron chi connectivity index (χ4n) is 2.42. The molecule has 0 spiro atoms. The lowest BCUT2D eigenvalue weighted by atomic mass is 10.1. The van der Waals surface area contributed by atoms with Gasteiger partial charge in [-0.3, -0.25) is 4.68 Å². The Morgan fingerprint density at radius 2 is 1.90 bits per heavy atom. The summed E-state index contributed by atoms with van der Waals surface area (Å²) in [5, 5.41) is 10.3. The van der Waals surface area contributed by atoms with Gasteiger partial charge in [0, 0.05) is 19.8 Å². The third-order valence-electron chi connectivity index (χ3n) is 3.49. The van der Waals surface area contributed by atoms with Gasteiger partial charge in [-0.05, 0) is 40.9 Å². The third kappa shape index (κ3) is 3.06. The Morgan fingerprint density at radius 3 is 2.70 bits per heavy atom. The number of hydrogen-bond donors (Lipinski definition) is 1. The Labute approximate surface area is 119 Å². The van der Waals surface area contributed by atoms with Gasteiger partial charge in [-0.25, -0.2) is 0 Å². The minimum absolute atomic E-state index is 0.908. The minimum atomic E-state index is 0.908. The molecule has 20 heavy (non-hydrogen) atoms. The van der Waals surface area contributed by atoms with Gasteiger partial charge < -0.3 is 5.32 Å². The van der Waals surface area contributed by atoms with Gasteiger partial charge in [0.1, 0.15) is 0 Å². The van der Waals surface area contributed by atoms with Crippen LogP contribution in [-0.4, -0.2) is 16.3 Å². The minimum Gasteiger partial charge on any atom is -0.312 e. The van der Waals surface area contributed by atoms with E-state index in [2.05, 4.69) is 59.1 Å². The molecule has 3 heteroatoms. The van der Waals surface area contributed by atoms with Crippen LogP contribution in [0.2, 0.25) is 0 Å². The number of aromatic nitrogens is 2. The highest BCUT2D eigenvalue weighted by atomic mass is 15.2. The summed E-state index contributed by atoms with van der Waals surface area (Å²) in [6.07, 6.45) is 5.01. The molecule has 0 saturated heterocycles. The number of nitrogens with one attached hydrogen (secondary N) is 1. The molecule has 0 saturated carbocycles. The van der Waals surface area contributed by atoms with Crippen molar-refractivity contribution in [3.05, 3.63) is 66.0 Å². The van der Waals surface area contributed by atoms with Crippen LogP contribution in [0.5, 0.6) is 0 Å². The maximum absolute atomic E-state index is 4.18. The zero-order chi connectivity index (χ0) is 13.8. The molecule has 0 radical (unpaired) electrons. The second-order valence-electron chi connectivity index (χ2n) is 5.13. The summed E-state index contributed by atoms with van der Waals surface area (Å²) in [5.41, 5.74) is 2.60. The van der Waals surface area contributed by atoms with Crippen LogP contribution in [0.1, 0.15) is 11.1 Å². The molecule has 0 aliphatic heterocycles. The lowest BCUT2D eigenvalue weighted by Gasteiger charge is -2.05. The standard InChI is InChI=1S/C17H19N3/c1-20-13-15(12-19-20)8-9-18-11-14-6-7-16-4-2-3-5-17(16)10-14/h2-7,10,12-13,18H,8-9,11H2,1H3. The normalized spacial score (nSPS) is 11.1. The molecule has 3 rings (SSSR count). The first kappa shape index (κ1) is 12.9. The van der Waals surface area contributed by atoms with E-state index in [4.69, 9.17) is 0 Å². The lowest BCUT2D eigenvalue weighted by molar-refractivity contribution is 0.686. The van der Waals surface area contributed by atoms with E-state index in [0.29, 0.717) is 0 Å². The number of fused-ring (bicyclic) bond motifs is 1. The highest BCUT2D eigenvalue weighted by Gasteiger charge is 1.98. The molecule has 0 atom stereocenters. The largest absolute Gasteiger partial charge is 0.312 e. The van der Waals surface area contributed by atoms with Crippen LogP contribution in [0, 0.1) is 0 Å². The zero-order valence-corrected chi connectivity index (χ0v) is 11.7. The number of nitrogens with zero attached hydrogens (tertiary/aromatic N) is 2. The quantitative estimate of drug-likeness (QED) is 0.719. The number of hydrogen-bond acceptors (Lipinski definition) is 2. The molecule has 3 aromatic rings. The van der Waals surface area contributed by atoms with Crippen molar-refractivity contribution in [3.8, 4) is 0 Å². The predicted octanol–water partition coefficient (Wildman–Crippen LogP) is 2.91. The molecule has 1 aromatic heterocycles. The van der Waals surface area contributed by atoms with E-state index in [1.165, 1.54) is 21.9 Å². The Bertz CT molecular complexity index is 700. The molecule has 0 amide bonds. The van der Waals surface area contributed by atoms with Gasteiger partial charge in [-0.15, -0.1) is 0 Å². The second-order valence-corrected chi connectivity index (χ2v) is 5.13. The SMILES string of the molecule is Cn1cc(CCNCc2ccc3ccccc3c2)cn1. The van der Waals surface area contributed by atoms with Gasteiger partial charge in [-0.1, -0.05) is 36.4 Å². The number of rotatable bonds is 5. The summed E-state index contributed by atoms with van der Waals surface area (Å²) in [5.74, 6) is 0. The van der Waals surface area contributed by atoms with Gasteiger partial charge in [0.2, 0.25) is 0 Å².